The Kier molecular flexibility index (Phi) is 11.9. The van der Waals surface area contributed by atoms with Gasteiger partial charge in [0.05, 0.1) is 24.2 Å². The van der Waals surface area contributed by atoms with Gasteiger partial charge in [-0.3, -0.25) is 4.79 Å². The molecule has 8 nitrogen and oxygen atoms in total. The van der Waals surface area contributed by atoms with E-state index < -0.39 is 23.0 Å². The monoisotopic (exact) mass is 602 g/mol. The average molecular weight is 603 g/mol. The summed E-state index contributed by atoms with van der Waals surface area (Å²) >= 11 is 0. The van der Waals surface area contributed by atoms with E-state index in [2.05, 4.69) is 19.2 Å². The van der Waals surface area contributed by atoms with E-state index in [-0.39, 0.29) is 5.97 Å². The standard InChI is InChI=1S/C36H42O8/c1-23(2)32(37)41-18-10-8-12-25-20-27(13-9-11-19-42-33(38)24(3)4)29-22-30(34(39)44-31(29)21-25)26-14-16-28(17-15-26)43-35(40)36(5,6)7/h14-17,20-22H,1,3,8-13,18-19H2,2,4-7H3. The minimum absolute atomic E-state index is 0.290. The van der Waals surface area contributed by atoms with Gasteiger partial charge in [-0.2, -0.15) is 0 Å². The normalized spacial score (nSPS) is 11.2. The molecule has 44 heavy (non-hydrogen) atoms. The predicted octanol–water partition coefficient (Wildman–Crippen LogP) is 7.30. The molecule has 0 saturated heterocycles. The molecule has 3 aromatic rings. The zero-order valence-corrected chi connectivity index (χ0v) is 26.4. The molecule has 2 aromatic carbocycles. The Morgan fingerprint density at radius 2 is 1.36 bits per heavy atom. The lowest BCUT2D eigenvalue weighted by Gasteiger charge is -2.16. The first kappa shape index (κ1) is 34.0. The lowest BCUT2D eigenvalue weighted by molar-refractivity contribution is -0.143. The van der Waals surface area contributed by atoms with Gasteiger partial charge in [0.25, 0.3) is 0 Å². The number of rotatable bonds is 14. The molecule has 0 spiro atoms. The molecule has 0 atom stereocenters. The maximum absolute atomic E-state index is 13.1. The number of hydrogen-bond donors (Lipinski definition) is 0. The summed E-state index contributed by atoms with van der Waals surface area (Å²) in [5, 5.41) is 0.820. The molecule has 1 heterocycles. The molecule has 0 fully saturated rings. The van der Waals surface area contributed by atoms with Crippen LogP contribution in [0.25, 0.3) is 22.1 Å². The number of ether oxygens (including phenoxy) is 3. The summed E-state index contributed by atoms with van der Waals surface area (Å²) in [4.78, 5) is 48.7. The molecule has 234 valence electrons. The van der Waals surface area contributed by atoms with Gasteiger partial charge in [-0.15, -0.1) is 0 Å². The first-order valence-corrected chi connectivity index (χ1v) is 14.8. The Morgan fingerprint density at radius 1 is 0.795 bits per heavy atom. The first-order valence-electron chi connectivity index (χ1n) is 14.8. The Labute approximate surface area is 258 Å². The molecule has 0 unspecified atom stereocenters. The van der Waals surface area contributed by atoms with E-state index >= 15 is 0 Å². The first-order chi connectivity index (χ1) is 20.8. The van der Waals surface area contributed by atoms with Crippen molar-refractivity contribution in [3.05, 3.63) is 88.3 Å². The Morgan fingerprint density at radius 3 is 1.91 bits per heavy atom. The maximum Gasteiger partial charge on any atom is 0.344 e. The van der Waals surface area contributed by atoms with E-state index in [0.717, 1.165) is 29.4 Å². The van der Waals surface area contributed by atoms with Crippen LogP contribution >= 0.6 is 0 Å². The highest BCUT2D eigenvalue weighted by Crippen LogP contribution is 2.29. The zero-order valence-electron chi connectivity index (χ0n) is 26.4. The van der Waals surface area contributed by atoms with Crippen molar-refractivity contribution in [3.8, 4) is 16.9 Å². The zero-order chi connectivity index (χ0) is 32.4. The van der Waals surface area contributed by atoms with Crippen LogP contribution in [0.4, 0.5) is 0 Å². The molecule has 0 aliphatic heterocycles. The highest BCUT2D eigenvalue weighted by molar-refractivity contribution is 5.87. The fourth-order valence-electron chi connectivity index (χ4n) is 4.29. The number of esters is 3. The summed E-state index contributed by atoms with van der Waals surface area (Å²) in [7, 11) is 0. The summed E-state index contributed by atoms with van der Waals surface area (Å²) in [5.74, 6) is -0.758. The van der Waals surface area contributed by atoms with Crippen molar-refractivity contribution in [1.82, 2.24) is 0 Å². The molecule has 0 radical (unpaired) electrons. The number of benzene rings is 2. The lowest BCUT2D eigenvalue weighted by Crippen LogP contribution is -2.25. The third kappa shape index (κ3) is 9.79. The molecule has 0 aliphatic rings. The van der Waals surface area contributed by atoms with Crippen molar-refractivity contribution in [2.24, 2.45) is 5.41 Å². The maximum atomic E-state index is 13.1. The van der Waals surface area contributed by atoms with E-state index in [1.807, 2.05) is 12.1 Å². The van der Waals surface area contributed by atoms with E-state index in [0.29, 0.717) is 72.5 Å². The number of hydrogen-bond acceptors (Lipinski definition) is 8. The summed E-state index contributed by atoms with van der Waals surface area (Å²) in [5.41, 5.74) is 3.16. The topological polar surface area (TPSA) is 109 Å². The second-order valence-corrected chi connectivity index (χ2v) is 12.0. The Bertz CT molecular complexity index is 1590. The fraction of sp³-hybridized carbons (Fsp3) is 0.389. The van der Waals surface area contributed by atoms with Crippen molar-refractivity contribution in [1.29, 1.82) is 0 Å². The molecule has 0 amide bonds. The molecule has 1 aromatic heterocycles. The van der Waals surface area contributed by atoms with Crippen LogP contribution in [0.3, 0.4) is 0 Å². The van der Waals surface area contributed by atoms with Crippen molar-refractivity contribution in [2.45, 2.75) is 73.1 Å². The second-order valence-electron chi connectivity index (χ2n) is 12.0. The number of carbonyl (C=O) groups is 3. The van der Waals surface area contributed by atoms with Gasteiger partial charge in [0.15, 0.2) is 0 Å². The molecule has 3 rings (SSSR count). The average Bonchev–Trinajstić information content (AvgIpc) is 2.96. The second kappa shape index (κ2) is 15.3. The minimum atomic E-state index is -0.642. The van der Waals surface area contributed by atoms with Gasteiger partial charge in [0.2, 0.25) is 0 Å². The molecule has 0 bridgehead atoms. The number of carbonyl (C=O) groups excluding carboxylic acids is 3. The molecular formula is C36H42O8. The van der Waals surface area contributed by atoms with Crippen LogP contribution in [0.1, 0.15) is 71.4 Å². The molecule has 0 N–H and O–H groups in total. The van der Waals surface area contributed by atoms with Gasteiger partial charge < -0.3 is 18.6 Å². The number of aryl methyl sites for hydroxylation is 2. The van der Waals surface area contributed by atoms with E-state index in [9.17, 15) is 19.2 Å². The van der Waals surface area contributed by atoms with Crippen molar-refractivity contribution in [2.75, 3.05) is 13.2 Å². The summed E-state index contributed by atoms with van der Waals surface area (Å²) in [6, 6.07) is 12.6. The number of fused-ring (bicyclic) bond motifs is 1. The smallest absolute Gasteiger partial charge is 0.344 e. The van der Waals surface area contributed by atoms with Gasteiger partial charge in [-0.25, -0.2) is 14.4 Å². The third-order valence-electron chi connectivity index (χ3n) is 6.85. The molecule has 0 saturated carbocycles. The van der Waals surface area contributed by atoms with Crippen molar-refractivity contribution < 1.29 is 33.0 Å². The van der Waals surface area contributed by atoms with Crippen LogP contribution < -0.4 is 10.4 Å². The van der Waals surface area contributed by atoms with Crippen LogP contribution in [0.15, 0.2) is 76.0 Å². The van der Waals surface area contributed by atoms with Crippen LogP contribution in [0, 0.1) is 5.41 Å². The number of unbranched alkanes of at least 4 members (excludes halogenated alkanes) is 2. The predicted molar refractivity (Wildman–Crippen MR) is 170 cm³/mol. The van der Waals surface area contributed by atoms with E-state index in [4.69, 9.17) is 18.6 Å². The minimum Gasteiger partial charge on any atom is -0.462 e. The van der Waals surface area contributed by atoms with Crippen molar-refractivity contribution in [3.63, 3.8) is 0 Å². The van der Waals surface area contributed by atoms with Gasteiger partial charge >= 0.3 is 23.5 Å². The highest BCUT2D eigenvalue weighted by Gasteiger charge is 2.23. The van der Waals surface area contributed by atoms with Gasteiger partial charge in [-0.1, -0.05) is 31.4 Å². The fourth-order valence-corrected chi connectivity index (χ4v) is 4.29. The highest BCUT2D eigenvalue weighted by atomic mass is 16.5. The van der Waals surface area contributed by atoms with E-state index in [1.54, 1.807) is 58.9 Å². The van der Waals surface area contributed by atoms with Crippen LogP contribution in [-0.2, 0) is 36.7 Å². The largest absolute Gasteiger partial charge is 0.462 e. The third-order valence-corrected chi connectivity index (χ3v) is 6.85. The quantitative estimate of drug-likeness (QED) is 0.0622. The van der Waals surface area contributed by atoms with Gasteiger partial charge in [-0.05, 0) is 114 Å². The van der Waals surface area contributed by atoms with E-state index in [1.165, 1.54) is 0 Å². The van der Waals surface area contributed by atoms with Crippen LogP contribution in [0.5, 0.6) is 5.75 Å². The summed E-state index contributed by atoms with van der Waals surface area (Å²) in [6.07, 6.45) is 4.27. The van der Waals surface area contributed by atoms with Crippen LogP contribution in [-0.4, -0.2) is 31.1 Å². The Balaban J connectivity index is 1.83. The van der Waals surface area contributed by atoms with Crippen LogP contribution in [0.2, 0.25) is 0 Å². The van der Waals surface area contributed by atoms with Gasteiger partial charge in [0.1, 0.15) is 11.3 Å². The van der Waals surface area contributed by atoms with Gasteiger partial charge in [0, 0.05) is 16.5 Å². The SMILES string of the molecule is C=C(C)C(=O)OCCCCc1cc(CCCCOC(=O)C(=C)C)c2cc(-c3ccc(OC(=O)C(C)(C)C)cc3)c(=O)oc2c1. The molecule has 8 heteroatoms. The summed E-state index contributed by atoms with van der Waals surface area (Å²) < 4.78 is 21.7. The molecule has 0 aliphatic carbocycles. The Hall–Kier alpha value is -4.46. The van der Waals surface area contributed by atoms with Crippen molar-refractivity contribution >= 4 is 28.9 Å². The summed E-state index contributed by atoms with van der Waals surface area (Å²) in [6.45, 7) is 16.4. The lowest BCUT2D eigenvalue weighted by atomic mass is 9.96. The molecular weight excluding hydrogens is 560 g/mol.